The fourth-order valence-corrected chi connectivity index (χ4v) is 6.32. The number of ether oxygens (including phenoxy) is 1. The zero-order chi connectivity index (χ0) is 25.5. The highest BCUT2D eigenvalue weighted by atomic mass is 32.1. The quantitative estimate of drug-likeness (QED) is 0.378. The molecular weight excluding hydrogens is 498 g/mol. The molecule has 0 amide bonds. The third-order valence-electron chi connectivity index (χ3n) is 7.19. The molecule has 8 nitrogen and oxygen atoms in total. The normalized spacial score (nSPS) is 19.6. The monoisotopic (exact) mass is 525 g/mol. The molecule has 4 aromatic rings. The van der Waals surface area contributed by atoms with E-state index in [0.717, 1.165) is 51.1 Å². The molecule has 7 rings (SSSR count). The Morgan fingerprint density at radius 3 is 2.58 bits per heavy atom. The van der Waals surface area contributed by atoms with Crippen molar-refractivity contribution in [2.45, 2.75) is 31.2 Å². The number of rotatable bonds is 6. The number of morpholine rings is 1. The first-order valence-corrected chi connectivity index (χ1v) is 13.9. The Hall–Kier alpha value is -3.82. The van der Waals surface area contributed by atoms with Crippen LogP contribution in [-0.4, -0.2) is 53.3 Å². The molecule has 2 aromatic heterocycles. The van der Waals surface area contributed by atoms with Crippen LogP contribution in [-0.2, 0) is 16.0 Å². The number of hydrogen-bond donors (Lipinski definition) is 1. The van der Waals surface area contributed by atoms with Gasteiger partial charge in [0, 0.05) is 25.4 Å². The molecule has 2 aliphatic carbocycles. The van der Waals surface area contributed by atoms with Crippen molar-refractivity contribution in [1.29, 1.82) is 0 Å². The zero-order valence-electron chi connectivity index (χ0n) is 20.8. The van der Waals surface area contributed by atoms with Gasteiger partial charge >= 0.3 is 6.01 Å². The number of benzene rings is 2. The minimum Gasteiger partial charge on any atom is -0.402 e. The lowest BCUT2D eigenvalue weighted by molar-refractivity contribution is -0.118. The van der Waals surface area contributed by atoms with Gasteiger partial charge in [0.25, 0.3) is 5.89 Å². The van der Waals surface area contributed by atoms with Crippen molar-refractivity contribution in [2.24, 2.45) is 0 Å². The van der Waals surface area contributed by atoms with Crippen molar-refractivity contribution in [3.8, 4) is 11.6 Å². The van der Waals surface area contributed by atoms with Crippen LogP contribution in [0.25, 0.3) is 17.2 Å². The van der Waals surface area contributed by atoms with Crippen LogP contribution in [0, 0.1) is 0 Å². The molecule has 38 heavy (non-hydrogen) atoms. The van der Waals surface area contributed by atoms with E-state index in [-0.39, 0.29) is 11.8 Å². The summed E-state index contributed by atoms with van der Waals surface area (Å²) < 4.78 is 11.6. The maximum absolute atomic E-state index is 13.4. The second-order valence-electron chi connectivity index (χ2n) is 9.86. The molecule has 192 valence electrons. The highest BCUT2D eigenvalue weighted by Crippen LogP contribution is 2.47. The molecule has 0 unspecified atom stereocenters. The summed E-state index contributed by atoms with van der Waals surface area (Å²) >= 11 is 1.72. The lowest BCUT2D eigenvalue weighted by Crippen LogP contribution is -2.35. The third kappa shape index (κ3) is 4.52. The summed E-state index contributed by atoms with van der Waals surface area (Å²) in [4.78, 5) is 20.6. The predicted molar refractivity (Wildman–Crippen MR) is 146 cm³/mol. The SMILES string of the molecule is O=C1Cc2ccccc2C(c2ccccc2)=C[C@H]1Nc1nnc(-c2nc(C3CC3)sc2N2CCOCC2)o1. The van der Waals surface area contributed by atoms with E-state index in [9.17, 15) is 4.79 Å². The molecule has 2 fully saturated rings. The molecule has 0 bridgehead atoms. The lowest BCUT2D eigenvalue weighted by atomic mass is 9.94. The van der Waals surface area contributed by atoms with Gasteiger partial charge in [0.1, 0.15) is 11.0 Å². The van der Waals surface area contributed by atoms with Crippen molar-refractivity contribution < 1.29 is 13.9 Å². The van der Waals surface area contributed by atoms with E-state index in [1.807, 2.05) is 42.5 Å². The predicted octanol–water partition coefficient (Wildman–Crippen LogP) is 4.94. The molecule has 3 aliphatic rings. The number of nitrogens with one attached hydrogen (secondary N) is 1. The van der Waals surface area contributed by atoms with Crippen LogP contribution in [0.4, 0.5) is 11.0 Å². The first kappa shape index (κ1) is 23.3. The highest BCUT2D eigenvalue weighted by molar-refractivity contribution is 7.16. The Balaban J connectivity index is 1.21. The van der Waals surface area contributed by atoms with Gasteiger partial charge in [-0.1, -0.05) is 59.7 Å². The fourth-order valence-electron chi connectivity index (χ4n) is 5.04. The first-order valence-electron chi connectivity index (χ1n) is 13.0. The maximum Gasteiger partial charge on any atom is 0.316 e. The van der Waals surface area contributed by atoms with E-state index in [4.69, 9.17) is 14.1 Å². The summed E-state index contributed by atoms with van der Waals surface area (Å²) in [5.74, 6) is 0.941. The Kier molecular flexibility index (Phi) is 6.02. The highest BCUT2D eigenvalue weighted by Gasteiger charge is 2.32. The average molecular weight is 526 g/mol. The van der Waals surface area contributed by atoms with Gasteiger partial charge in [-0.15, -0.1) is 16.4 Å². The van der Waals surface area contributed by atoms with Gasteiger partial charge in [-0.05, 0) is 41.2 Å². The summed E-state index contributed by atoms with van der Waals surface area (Å²) in [6.07, 6.45) is 4.64. The molecule has 2 aromatic carbocycles. The van der Waals surface area contributed by atoms with Gasteiger partial charge in [-0.2, -0.15) is 0 Å². The van der Waals surface area contributed by atoms with Crippen molar-refractivity contribution >= 4 is 33.7 Å². The van der Waals surface area contributed by atoms with Crippen LogP contribution < -0.4 is 10.2 Å². The second kappa shape index (κ2) is 9.81. The number of carbonyl (C=O) groups excluding carboxylic acids is 1. The number of Topliss-reactive ketones (excluding diaryl/α,β-unsaturated/α-hetero) is 1. The van der Waals surface area contributed by atoms with Crippen molar-refractivity contribution in [3.05, 3.63) is 82.4 Å². The number of aromatic nitrogens is 3. The number of thiazole rings is 1. The van der Waals surface area contributed by atoms with Crippen LogP contribution in [0.3, 0.4) is 0 Å². The molecule has 1 atom stereocenters. The third-order valence-corrected chi connectivity index (χ3v) is 8.47. The van der Waals surface area contributed by atoms with Crippen molar-refractivity contribution in [3.63, 3.8) is 0 Å². The van der Waals surface area contributed by atoms with Gasteiger partial charge < -0.3 is 19.4 Å². The van der Waals surface area contributed by atoms with Crippen LogP contribution in [0.2, 0.25) is 0 Å². The summed E-state index contributed by atoms with van der Waals surface area (Å²) in [5, 5.41) is 14.0. The number of fused-ring (bicyclic) bond motifs is 1. The van der Waals surface area contributed by atoms with Crippen LogP contribution in [0.1, 0.15) is 40.5 Å². The minimum absolute atomic E-state index is 0.0433. The number of anilines is 2. The fraction of sp³-hybridized carbons (Fsp3) is 0.310. The lowest BCUT2D eigenvalue weighted by Gasteiger charge is -2.27. The Labute approximate surface area is 224 Å². The summed E-state index contributed by atoms with van der Waals surface area (Å²) in [6, 6.07) is 17.8. The van der Waals surface area contributed by atoms with Gasteiger partial charge in [0.15, 0.2) is 11.5 Å². The van der Waals surface area contributed by atoms with Crippen molar-refractivity contribution in [1.82, 2.24) is 15.2 Å². The number of hydrogen-bond acceptors (Lipinski definition) is 9. The number of ketones is 1. The molecule has 1 saturated heterocycles. The number of carbonyl (C=O) groups is 1. The molecule has 1 aliphatic heterocycles. The van der Waals surface area contributed by atoms with Gasteiger partial charge in [-0.25, -0.2) is 4.98 Å². The molecular formula is C29H27N5O3S. The minimum atomic E-state index is -0.609. The molecule has 0 spiro atoms. The Morgan fingerprint density at radius 1 is 0.974 bits per heavy atom. The molecule has 0 radical (unpaired) electrons. The molecule has 3 heterocycles. The van der Waals surface area contributed by atoms with E-state index < -0.39 is 6.04 Å². The Morgan fingerprint density at radius 2 is 1.76 bits per heavy atom. The van der Waals surface area contributed by atoms with Crippen molar-refractivity contribution in [2.75, 3.05) is 36.5 Å². The average Bonchev–Trinajstić information content (AvgIpc) is 3.58. The second-order valence-corrected chi connectivity index (χ2v) is 10.9. The van der Waals surface area contributed by atoms with Gasteiger partial charge in [0.05, 0.1) is 18.2 Å². The smallest absolute Gasteiger partial charge is 0.316 e. The van der Waals surface area contributed by atoms with E-state index in [1.54, 1.807) is 11.3 Å². The Bertz CT molecular complexity index is 1500. The molecule has 1 N–H and O–H groups in total. The zero-order valence-corrected chi connectivity index (χ0v) is 21.6. The van der Waals surface area contributed by atoms with E-state index in [0.29, 0.717) is 31.4 Å². The summed E-state index contributed by atoms with van der Waals surface area (Å²) in [5.41, 5.74) is 4.85. The van der Waals surface area contributed by atoms with Crippen LogP contribution in [0.15, 0.2) is 65.1 Å². The van der Waals surface area contributed by atoms with E-state index in [1.165, 1.54) is 12.8 Å². The van der Waals surface area contributed by atoms with Gasteiger partial charge in [0.2, 0.25) is 0 Å². The standard InChI is InChI=1S/C29H27N5O3S/c35-24-16-20-8-4-5-9-21(20)22(18-6-2-1-3-7-18)17-23(24)30-29-33-32-26(37-29)25-28(34-12-14-36-15-13-34)38-27(31-25)19-10-11-19/h1-9,17,19,23H,10-16H2,(H,30,33)/t23-/m1/s1. The summed E-state index contributed by atoms with van der Waals surface area (Å²) in [7, 11) is 0. The topological polar surface area (TPSA) is 93.4 Å². The van der Waals surface area contributed by atoms with Gasteiger partial charge in [-0.3, -0.25) is 4.79 Å². The number of nitrogens with zero attached hydrogens (tertiary/aromatic N) is 4. The molecule has 9 heteroatoms. The van der Waals surface area contributed by atoms with Crippen LogP contribution >= 0.6 is 11.3 Å². The molecule has 1 saturated carbocycles. The largest absolute Gasteiger partial charge is 0.402 e. The van der Waals surface area contributed by atoms with E-state index in [2.05, 4.69) is 38.6 Å². The van der Waals surface area contributed by atoms with E-state index >= 15 is 0 Å². The summed E-state index contributed by atoms with van der Waals surface area (Å²) in [6.45, 7) is 3.00. The maximum atomic E-state index is 13.4. The van der Waals surface area contributed by atoms with Crippen LogP contribution in [0.5, 0.6) is 0 Å². The first-order chi connectivity index (χ1) is 18.7.